The van der Waals surface area contributed by atoms with Crippen LogP contribution >= 0.6 is 0 Å². The summed E-state index contributed by atoms with van der Waals surface area (Å²) in [7, 11) is 0. The highest BCUT2D eigenvalue weighted by molar-refractivity contribution is 5.80. The molecule has 0 aliphatic carbocycles. The molecular formula is C58H109NO10. The lowest BCUT2D eigenvalue weighted by Gasteiger charge is -2.40. The van der Waals surface area contributed by atoms with Crippen molar-refractivity contribution in [1.29, 1.82) is 0 Å². The number of hydrogen-bond donors (Lipinski definition) is 8. The van der Waals surface area contributed by atoms with Crippen molar-refractivity contribution in [2.45, 2.75) is 313 Å². The summed E-state index contributed by atoms with van der Waals surface area (Å²) in [5.74, 6) is -0.708. The van der Waals surface area contributed by atoms with Crippen molar-refractivity contribution in [1.82, 2.24) is 5.32 Å². The molecule has 0 saturated carbocycles. The summed E-state index contributed by atoms with van der Waals surface area (Å²) in [5.41, 5.74) is 0. The average molecular weight is 981 g/mol. The number of nitrogens with one attached hydrogen (secondary N) is 1. The number of ether oxygens (including phenoxy) is 2. The predicted octanol–water partition coefficient (Wildman–Crippen LogP) is 11.9. The minimum atomic E-state index is -1.67. The van der Waals surface area contributed by atoms with Gasteiger partial charge < -0.3 is 50.5 Å². The third-order valence-electron chi connectivity index (χ3n) is 13.9. The fraction of sp³-hybridized carbons (Fsp3) is 0.879. The summed E-state index contributed by atoms with van der Waals surface area (Å²) in [5, 5.41) is 75.6. The molecule has 11 heteroatoms. The zero-order valence-electron chi connectivity index (χ0n) is 44.3. The predicted molar refractivity (Wildman–Crippen MR) is 284 cm³/mol. The Morgan fingerprint density at radius 1 is 0.507 bits per heavy atom. The quantitative estimate of drug-likeness (QED) is 0.0215. The molecule has 9 atom stereocenters. The van der Waals surface area contributed by atoms with Crippen molar-refractivity contribution in [2.75, 3.05) is 13.2 Å². The first-order valence-electron chi connectivity index (χ1n) is 28.9. The van der Waals surface area contributed by atoms with Crippen molar-refractivity contribution in [3.8, 4) is 0 Å². The number of unbranched alkanes of at least 4 members (excludes halogenated alkanes) is 31. The summed E-state index contributed by atoms with van der Waals surface area (Å²) in [6, 6.07) is -1.18. The Balaban J connectivity index is 2.13. The Morgan fingerprint density at radius 2 is 0.899 bits per heavy atom. The second-order valence-corrected chi connectivity index (χ2v) is 20.4. The normalized spacial score (nSPS) is 20.6. The zero-order valence-corrected chi connectivity index (χ0v) is 44.3. The largest absolute Gasteiger partial charge is 0.394 e. The minimum Gasteiger partial charge on any atom is -0.394 e. The van der Waals surface area contributed by atoms with Crippen molar-refractivity contribution in [3.63, 3.8) is 0 Å². The van der Waals surface area contributed by atoms with E-state index in [4.69, 9.17) is 9.47 Å². The van der Waals surface area contributed by atoms with Gasteiger partial charge in [-0.2, -0.15) is 0 Å². The molecule has 1 heterocycles. The van der Waals surface area contributed by atoms with E-state index in [2.05, 4.69) is 55.6 Å². The van der Waals surface area contributed by atoms with Gasteiger partial charge in [0.2, 0.25) is 5.91 Å². The molecule has 69 heavy (non-hydrogen) atoms. The molecule has 1 aliphatic heterocycles. The zero-order chi connectivity index (χ0) is 50.4. The van der Waals surface area contributed by atoms with E-state index in [1.807, 2.05) is 0 Å². The first-order chi connectivity index (χ1) is 33.7. The Bertz CT molecular complexity index is 1210. The van der Waals surface area contributed by atoms with Gasteiger partial charge in [-0.05, 0) is 70.6 Å². The third-order valence-corrected chi connectivity index (χ3v) is 13.9. The van der Waals surface area contributed by atoms with Crippen molar-refractivity contribution >= 4 is 5.91 Å². The molecule has 0 bridgehead atoms. The smallest absolute Gasteiger partial charge is 0.249 e. The first-order valence-corrected chi connectivity index (χ1v) is 28.9. The molecule has 9 unspecified atom stereocenters. The molecule has 1 fully saturated rings. The van der Waals surface area contributed by atoms with Crippen LogP contribution in [-0.2, 0) is 14.3 Å². The molecule has 0 aromatic heterocycles. The highest BCUT2D eigenvalue weighted by Crippen LogP contribution is 2.23. The minimum absolute atomic E-state index is 0.254. The van der Waals surface area contributed by atoms with Crippen LogP contribution in [0.3, 0.4) is 0 Å². The van der Waals surface area contributed by atoms with E-state index in [9.17, 15) is 40.5 Å². The molecule has 0 radical (unpaired) electrons. The number of rotatable bonds is 49. The van der Waals surface area contributed by atoms with E-state index in [0.717, 1.165) is 51.4 Å². The topological polar surface area (TPSA) is 189 Å². The maximum absolute atomic E-state index is 13.1. The molecule has 1 amide bonds. The van der Waals surface area contributed by atoms with Crippen LogP contribution in [0.5, 0.6) is 0 Å². The van der Waals surface area contributed by atoms with E-state index in [0.29, 0.717) is 12.8 Å². The first kappa shape index (κ1) is 65.3. The van der Waals surface area contributed by atoms with Gasteiger partial charge in [-0.25, -0.2) is 0 Å². The van der Waals surface area contributed by atoms with Crippen LogP contribution in [0.15, 0.2) is 36.5 Å². The van der Waals surface area contributed by atoms with Gasteiger partial charge in [0.25, 0.3) is 0 Å². The SMILES string of the molecule is CCCCC/C=C/CCCC(O)C(O)C(COC1OC(CO)C(O)C(O)C1O)NC(=O)C(O)CCCCCCCCCCCCCCCCCC/C=C\C/C=C\CCCCCCCCCCCCC. The highest BCUT2D eigenvalue weighted by atomic mass is 16.7. The Kier molecular flexibility index (Phi) is 44.8. The van der Waals surface area contributed by atoms with Crippen LogP contribution in [0.4, 0.5) is 0 Å². The number of aliphatic hydroxyl groups excluding tert-OH is 7. The van der Waals surface area contributed by atoms with Crippen LogP contribution in [0, 0.1) is 0 Å². The summed E-state index contributed by atoms with van der Waals surface area (Å²) >= 11 is 0. The third kappa shape index (κ3) is 36.0. The lowest BCUT2D eigenvalue weighted by Crippen LogP contribution is -2.60. The second kappa shape index (κ2) is 47.3. The summed E-state index contributed by atoms with van der Waals surface area (Å²) in [6.07, 6.45) is 46.9. The van der Waals surface area contributed by atoms with E-state index in [-0.39, 0.29) is 12.8 Å². The molecule has 0 aromatic rings. The van der Waals surface area contributed by atoms with Gasteiger partial charge >= 0.3 is 0 Å². The van der Waals surface area contributed by atoms with Crippen LogP contribution < -0.4 is 5.32 Å². The number of hydrogen-bond acceptors (Lipinski definition) is 10. The van der Waals surface area contributed by atoms with Gasteiger partial charge in [-0.1, -0.05) is 224 Å². The number of carbonyl (C=O) groups excluding carboxylic acids is 1. The Labute approximate surface area is 422 Å². The van der Waals surface area contributed by atoms with Gasteiger partial charge in [-0.15, -0.1) is 0 Å². The lowest BCUT2D eigenvalue weighted by molar-refractivity contribution is -0.303. The van der Waals surface area contributed by atoms with E-state index in [1.54, 1.807) is 0 Å². The monoisotopic (exact) mass is 980 g/mol. The Hall–Kier alpha value is -1.67. The molecule has 1 saturated heterocycles. The molecule has 11 nitrogen and oxygen atoms in total. The van der Waals surface area contributed by atoms with Crippen LogP contribution in [0.2, 0.25) is 0 Å². The maximum Gasteiger partial charge on any atom is 0.249 e. The van der Waals surface area contributed by atoms with Gasteiger partial charge in [0, 0.05) is 0 Å². The molecular weight excluding hydrogens is 871 g/mol. The van der Waals surface area contributed by atoms with E-state index < -0.39 is 74.2 Å². The van der Waals surface area contributed by atoms with Gasteiger partial charge in [0.15, 0.2) is 6.29 Å². The van der Waals surface area contributed by atoms with Crippen molar-refractivity contribution in [3.05, 3.63) is 36.5 Å². The number of amides is 1. The number of aliphatic hydroxyl groups is 7. The molecule has 1 aliphatic rings. The molecule has 0 aromatic carbocycles. The molecule has 1 rings (SSSR count). The summed E-state index contributed by atoms with van der Waals surface area (Å²) < 4.78 is 11.1. The molecule has 8 N–H and O–H groups in total. The standard InChI is InChI=1S/C58H109NO10/c1-3-5-7-9-11-13-14-15-16-17-18-19-20-21-22-23-24-25-26-27-28-29-30-31-32-33-34-35-36-37-38-40-42-44-46-51(62)57(67)59-49(48-68-58-56(66)55(65)54(64)52(47-60)69-58)53(63)50(61)45-43-41-39-12-10-8-6-4-2/h12,20-21,23-24,39,49-56,58,60-66H,3-11,13-19,22,25-38,40-48H2,1-2H3,(H,59,67)/b21-20-,24-23-,39-12+. The van der Waals surface area contributed by atoms with Gasteiger partial charge in [0.05, 0.1) is 25.4 Å². The van der Waals surface area contributed by atoms with Gasteiger partial charge in [-0.3, -0.25) is 4.79 Å². The second-order valence-electron chi connectivity index (χ2n) is 20.4. The van der Waals surface area contributed by atoms with E-state index >= 15 is 0 Å². The molecule has 406 valence electrons. The summed E-state index contributed by atoms with van der Waals surface area (Å²) in [6.45, 7) is 3.37. The average Bonchev–Trinajstić information content (AvgIpc) is 3.35. The lowest BCUT2D eigenvalue weighted by atomic mass is 9.98. The highest BCUT2D eigenvalue weighted by Gasteiger charge is 2.44. The van der Waals surface area contributed by atoms with Crippen LogP contribution in [-0.4, -0.2) is 110 Å². The van der Waals surface area contributed by atoms with Crippen LogP contribution in [0.1, 0.15) is 258 Å². The number of allylic oxidation sites excluding steroid dienone is 6. The van der Waals surface area contributed by atoms with Crippen molar-refractivity contribution < 1.29 is 50.0 Å². The summed E-state index contributed by atoms with van der Waals surface area (Å²) in [4.78, 5) is 13.1. The number of carbonyl (C=O) groups is 1. The maximum atomic E-state index is 13.1. The van der Waals surface area contributed by atoms with E-state index in [1.165, 1.54) is 167 Å². The molecule has 0 spiro atoms. The van der Waals surface area contributed by atoms with Crippen molar-refractivity contribution in [2.24, 2.45) is 0 Å². The van der Waals surface area contributed by atoms with Crippen LogP contribution in [0.25, 0.3) is 0 Å². The Morgan fingerprint density at radius 3 is 1.36 bits per heavy atom. The van der Waals surface area contributed by atoms with Gasteiger partial charge in [0.1, 0.15) is 36.6 Å². The fourth-order valence-corrected chi connectivity index (χ4v) is 9.18. The fourth-order valence-electron chi connectivity index (χ4n) is 9.18.